The van der Waals surface area contributed by atoms with Crippen LogP contribution in [-0.4, -0.2) is 12.2 Å². The summed E-state index contributed by atoms with van der Waals surface area (Å²) in [6.45, 7) is 0. The number of methoxy groups -OCH3 is 1. The Morgan fingerprint density at radius 2 is 2.25 bits per heavy atom. The Hall–Kier alpha value is -1.64. The minimum Gasteiger partial charge on any atom is -0.504 e. The van der Waals surface area contributed by atoms with Crippen LogP contribution < -0.4 is 4.74 Å². The highest BCUT2D eigenvalue weighted by molar-refractivity contribution is 5.84. The summed E-state index contributed by atoms with van der Waals surface area (Å²) in [4.78, 5) is 0. The highest BCUT2D eigenvalue weighted by Gasteiger charge is 2.04. The van der Waals surface area contributed by atoms with Crippen molar-refractivity contribution >= 4 is 11.0 Å². The number of aromatic hydroxyl groups is 1. The maximum atomic E-state index is 9.24. The third kappa shape index (κ3) is 0.906. The van der Waals surface area contributed by atoms with Crippen LogP contribution in [0.2, 0.25) is 0 Å². The molecule has 0 saturated heterocycles. The van der Waals surface area contributed by atoms with Gasteiger partial charge in [-0.05, 0) is 12.1 Å². The molecule has 62 valence electrons. The molecule has 0 aliphatic heterocycles. The van der Waals surface area contributed by atoms with Gasteiger partial charge < -0.3 is 14.3 Å². The highest BCUT2D eigenvalue weighted by Crippen LogP contribution is 2.29. The molecule has 1 aromatic heterocycles. The molecular formula is C9H8O3. The van der Waals surface area contributed by atoms with E-state index in [1.54, 1.807) is 25.3 Å². The van der Waals surface area contributed by atoms with E-state index in [9.17, 15) is 5.11 Å². The molecule has 12 heavy (non-hydrogen) atoms. The van der Waals surface area contributed by atoms with Crippen LogP contribution in [0.4, 0.5) is 0 Å². The van der Waals surface area contributed by atoms with E-state index in [1.807, 2.05) is 0 Å². The van der Waals surface area contributed by atoms with Gasteiger partial charge in [-0.2, -0.15) is 0 Å². The number of rotatable bonds is 1. The van der Waals surface area contributed by atoms with Crippen molar-refractivity contribution in [2.24, 2.45) is 0 Å². The molecule has 0 atom stereocenters. The van der Waals surface area contributed by atoms with Crippen molar-refractivity contribution in [1.29, 1.82) is 0 Å². The summed E-state index contributed by atoms with van der Waals surface area (Å²) in [6.07, 6.45) is 1.31. The largest absolute Gasteiger partial charge is 0.504 e. The van der Waals surface area contributed by atoms with Crippen LogP contribution in [0.3, 0.4) is 0 Å². The van der Waals surface area contributed by atoms with E-state index >= 15 is 0 Å². The molecule has 0 aliphatic rings. The molecule has 0 radical (unpaired) electrons. The Morgan fingerprint density at radius 3 is 3.00 bits per heavy atom. The van der Waals surface area contributed by atoms with Crippen LogP contribution in [0.1, 0.15) is 0 Å². The summed E-state index contributed by atoms with van der Waals surface area (Å²) in [5.74, 6) is 0.879. The molecular weight excluding hydrogens is 156 g/mol. The first-order valence-corrected chi connectivity index (χ1v) is 3.55. The predicted octanol–water partition coefficient (Wildman–Crippen LogP) is 2.15. The normalized spacial score (nSPS) is 10.4. The van der Waals surface area contributed by atoms with Crippen molar-refractivity contribution in [2.75, 3.05) is 7.11 Å². The van der Waals surface area contributed by atoms with Crippen LogP contribution >= 0.6 is 0 Å². The number of hydrogen-bond donors (Lipinski definition) is 1. The SMILES string of the molecule is COc1ccc2c(O)coc2c1. The Labute approximate surface area is 69.2 Å². The average molecular weight is 164 g/mol. The number of hydrogen-bond acceptors (Lipinski definition) is 3. The van der Waals surface area contributed by atoms with Gasteiger partial charge >= 0.3 is 0 Å². The zero-order chi connectivity index (χ0) is 8.55. The highest BCUT2D eigenvalue weighted by atomic mass is 16.5. The van der Waals surface area contributed by atoms with E-state index in [0.717, 1.165) is 5.75 Å². The molecule has 2 rings (SSSR count). The number of fused-ring (bicyclic) bond motifs is 1. The van der Waals surface area contributed by atoms with Gasteiger partial charge in [0.15, 0.2) is 5.75 Å². The van der Waals surface area contributed by atoms with Crippen molar-refractivity contribution in [3.63, 3.8) is 0 Å². The first-order chi connectivity index (χ1) is 5.81. The summed E-state index contributed by atoms with van der Waals surface area (Å²) in [7, 11) is 1.59. The zero-order valence-corrected chi connectivity index (χ0v) is 6.57. The molecule has 0 amide bonds. The van der Waals surface area contributed by atoms with E-state index in [1.165, 1.54) is 6.26 Å². The molecule has 0 fully saturated rings. The van der Waals surface area contributed by atoms with Crippen LogP contribution in [-0.2, 0) is 0 Å². The molecule has 0 bridgehead atoms. The van der Waals surface area contributed by atoms with Crippen molar-refractivity contribution in [3.8, 4) is 11.5 Å². The van der Waals surface area contributed by atoms with Crippen molar-refractivity contribution in [2.45, 2.75) is 0 Å². The number of furan rings is 1. The Morgan fingerprint density at radius 1 is 1.42 bits per heavy atom. The van der Waals surface area contributed by atoms with Crippen LogP contribution in [0, 0.1) is 0 Å². The van der Waals surface area contributed by atoms with Gasteiger partial charge in [0.05, 0.1) is 12.5 Å². The lowest BCUT2D eigenvalue weighted by Gasteiger charge is -1.96. The second-order valence-electron chi connectivity index (χ2n) is 2.48. The summed E-state index contributed by atoms with van der Waals surface area (Å²) < 4.78 is 10.1. The fourth-order valence-electron chi connectivity index (χ4n) is 1.12. The number of ether oxygens (including phenoxy) is 1. The van der Waals surface area contributed by atoms with Gasteiger partial charge in [-0.15, -0.1) is 0 Å². The molecule has 3 heteroatoms. The van der Waals surface area contributed by atoms with Gasteiger partial charge in [0.2, 0.25) is 0 Å². The third-order valence-corrected chi connectivity index (χ3v) is 1.76. The van der Waals surface area contributed by atoms with Crippen molar-refractivity contribution in [3.05, 3.63) is 24.5 Å². The lowest BCUT2D eigenvalue weighted by molar-refractivity contribution is 0.414. The van der Waals surface area contributed by atoms with E-state index in [0.29, 0.717) is 11.0 Å². The molecule has 0 saturated carbocycles. The van der Waals surface area contributed by atoms with Gasteiger partial charge in [0.25, 0.3) is 0 Å². The Kier molecular flexibility index (Phi) is 1.43. The van der Waals surface area contributed by atoms with Crippen LogP contribution in [0.5, 0.6) is 11.5 Å². The van der Waals surface area contributed by atoms with E-state index in [-0.39, 0.29) is 5.75 Å². The summed E-state index contributed by atoms with van der Waals surface area (Å²) in [6, 6.07) is 5.26. The molecule has 0 aliphatic carbocycles. The Balaban J connectivity index is 2.69. The van der Waals surface area contributed by atoms with E-state index in [4.69, 9.17) is 9.15 Å². The maximum Gasteiger partial charge on any atom is 0.161 e. The molecule has 1 N–H and O–H groups in total. The monoisotopic (exact) mass is 164 g/mol. The van der Waals surface area contributed by atoms with Gasteiger partial charge in [0.1, 0.15) is 17.6 Å². The fraction of sp³-hybridized carbons (Fsp3) is 0.111. The van der Waals surface area contributed by atoms with E-state index in [2.05, 4.69) is 0 Å². The lowest BCUT2D eigenvalue weighted by Crippen LogP contribution is -1.80. The van der Waals surface area contributed by atoms with Gasteiger partial charge in [-0.25, -0.2) is 0 Å². The summed E-state index contributed by atoms with van der Waals surface area (Å²) >= 11 is 0. The second kappa shape index (κ2) is 2.44. The number of benzene rings is 1. The first kappa shape index (κ1) is 7.03. The van der Waals surface area contributed by atoms with Gasteiger partial charge in [-0.3, -0.25) is 0 Å². The minimum absolute atomic E-state index is 0.160. The standard InChI is InChI=1S/C9H8O3/c1-11-6-2-3-7-8(10)5-12-9(7)4-6/h2-5,10H,1H3. The molecule has 1 heterocycles. The van der Waals surface area contributed by atoms with E-state index < -0.39 is 0 Å². The summed E-state index contributed by atoms with van der Waals surface area (Å²) in [5.41, 5.74) is 0.631. The van der Waals surface area contributed by atoms with Crippen LogP contribution in [0.25, 0.3) is 11.0 Å². The lowest BCUT2D eigenvalue weighted by atomic mass is 10.2. The molecule has 3 nitrogen and oxygen atoms in total. The second-order valence-corrected chi connectivity index (χ2v) is 2.48. The predicted molar refractivity (Wildman–Crippen MR) is 44.4 cm³/mol. The molecule has 0 spiro atoms. The topological polar surface area (TPSA) is 42.6 Å². The molecule has 1 aromatic carbocycles. The minimum atomic E-state index is 0.160. The van der Waals surface area contributed by atoms with Crippen molar-refractivity contribution in [1.82, 2.24) is 0 Å². The zero-order valence-electron chi connectivity index (χ0n) is 6.57. The van der Waals surface area contributed by atoms with Gasteiger partial charge in [0, 0.05) is 6.07 Å². The smallest absolute Gasteiger partial charge is 0.161 e. The summed E-state index contributed by atoms with van der Waals surface area (Å²) in [5, 5.41) is 9.94. The average Bonchev–Trinajstić information content (AvgIpc) is 2.47. The third-order valence-electron chi connectivity index (χ3n) is 1.76. The maximum absolute atomic E-state index is 9.24. The quantitative estimate of drug-likeness (QED) is 0.702. The Bertz CT molecular complexity index is 403. The van der Waals surface area contributed by atoms with Gasteiger partial charge in [-0.1, -0.05) is 0 Å². The first-order valence-electron chi connectivity index (χ1n) is 3.55. The fourth-order valence-corrected chi connectivity index (χ4v) is 1.12. The molecule has 2 aromatic rings. The molecule has 0 unspecified atom stereocenters. The van der Waals surface area contributed by atoms with Crippen molar-refractivity contribution < 1.29 is 14.3 Å². The van der Waals surface area contributed by atoms with Crippen LogP contribution in [0.15, 0.2) is 28.9 Å².